The minimum atomic E-state index is -0.0452. The molecule has 31 heavy (non-hydrogen) atoms. The molecule has 0 bridgehead atoms. The van der Waals surface area contributed by atoms with Crippen molar-refractivity contribution in [1.29, 1.82) is 0 Å². The molecule has 1 aliphatic heterocycles. The molecule has 0 radical (unpaired) electrons. The van der Waals surface area contributed by atoms with Crippen molar-refractivity contribution in [2.24, 2.45) is 0 Å². The average molecular weight is 438 g/mol. The third kappa shape index (κ3) is 5.03. The maximum Gasteiger partial charge on any atom is 0.253 e. The highest BCUT2D eigenvalue weighted by atomic mass is 32.1. The second kappa shape index (κ2) is 9.45. The number of benzene rings is 1. The number of carbonyl (C=O) groups excluding carboxylic acids is 2. The van der Waals surface area contributed by atoms with Gasteiger partial charge in [-0.3, -0.25) is 19.1 Å². The Kier molecular flexibility index (Phi) is 6.48. The lowest BCUT2D eigenvalue weighted by molar-refractivity contribution is -0.117. The summed E-state index contributed by atoms with van der Waals surface area (Å²) in [6.45, 7) is 5.88. The standard InChI is InChI=1S/C23H27N5O2S/c1-16-14-20(17(2)28(16)23-24-10-13-31-23)22(30)26-19-8-11-27(12-9-19)15-21(29)25-18-6-4-3-5-7-18/h3-7,10,13-14,19H,8-9,11-12,15H2,1-2H3,(H,25,29)(H,26,30). The molecule has 1 fully saturated rings. The first-order valence-corrected chi connectivity index (χ1v) is 11.4. The number of aromatic nitrogens is 2. The predicted octanol–water partition coefficient (Wildman–Crippen LogP) is 3.38. The second-order valence-corrected chi connectivity index (χ2v) is 8.75. The zero-order valence-corrected chi connectivity index (χ0v) is 18.6. The van der Waals surface area contributed by atoms with Gasteiger partial charge >= 0.3 is 0 Å². The topological polar surface area (TPSA) is 79.3 Å². The number of hydrogen-bond donors (Lipinski definition) is 2. The molecule has 7 nitrogen and oxygen atoms in total. The molecule has 2 amide bonds. The van der Waals surface area contributed by atoms with Gasteiger partial charge in [-0.1, -0.05) is 18.2 Å². The number of anilines is 1. The number of carbonyl (C=O) groups is 2. The number of aryl methyl sites for hydroxylation is 1. The normalized spacial score (nSPS) is 15.0. The summed E-state index contributed by atoms with van der Waals surface area (Å²) in [6, 6.07) is 11.5. The summed E-state index contributed by atoms with van der Waals surface area (Å²) in [5, 5.41) is 8.91. The fourth-order valence-corrected chi connectivity index (χ4v) is 4.79. The molecule has 8 heteroatoms. The lowest BCUT2D eigenvalue weighted by Crippen LogP contribution is -2.46. The van der Waals surface area contributed by atoms with E-state index in [1.807, 2.05) is 60.2 Å². The summed E-state index contributed by atoms with van der Waals surface area (Å²) in [7, 11) is 0. The molecule has 0 spiro atoms. The Morgan fingerprint density at radius 2 is 1.90 bits per heavy atom. The van der Waals surface area contributed by atoms with Crippen LogP contribution in [0.25, 0.3) is 5.13 Å². The van der Waals surface area contributed by atoms with Crippen molar-refractivity contribution in [1.82, 2.24) is 19.8 Å². The Bertz CT molecular complexity index is 1040. The van der Waals surface area contributed by atoms with E-state index in [1.54, 1.807) is 17.5 Å². The van der Waals surface area contributed by atoms with Gasteiger partial charge in [0.05, 0.1) is 12.1 Å². The number of thiazole rings is 1. The molecule has 1 aliphatic rings. The summed E-state index contributed by atoms with van der Waals surface area (Å²) in [5.41, 5.74) is 3.40. The lowest BCUT2D eigenvalue weighted by Gasteiger charge is -2.31. The van der Waals surface area contributed by atoms with Gasteiger partial charge in [-0.2, -0.15) is 0 Å². The minimum absolute atomic E-state index is 0.0108. The van der Waals surface area contributed by atoms with Gasteiger partial charge in [-0.25, -0.2) is 4.98 Å². The van der Waals surface area contributed by atoms with Crippen LogP contribution in [0.2, 0.25) is 0 Å². The van der Waals surface area contributed by atoms with Gasteiger partial charge in [0.2, 0.25) is 5.91 Å². The number of nitrogens with zero attached hydrogens (tertiary/aromatic N) is 3. The Morgan fingerprint density at radius 3 is 2.58 bits per heavy atom. The predicted molar refractivity (Wildman–Crippen MR) is 123 cm³/mol. The van der Waals surface area contributed by atoms with Crippen LogP contribution in [0.1, 0.15) is 34.6 Å². The summed E-state index contributed by atoms with van der Waals surface area (Å²) >= 11 is 1.55. The number of likely N-dealkylation sites (tertiary alicyclic amines) is 1. The first-order chi connectivity index (χ1) is 15.0. The number of nitrogens with one attached hydrogen (secondary N) is 2. The summed E-state index contributed by atoms with van der Waals surface area (Å²) in [4.78, 5) is 31.7. The van der Waals surface area contributed by atoms with E-state index in [1.165, 1.54) is 0 Å². The van der Waals surface area contributed by atoms with Crippen LogP contribution in [-0.2, 0) is 4.79 Å². The molecule has 2 N–H and O–H groups in total. The van der Waals surface area contributed by atoms with Gasteiger partial charge in [-0.15, -0.1) is 11.3 Å². The fraction of sp³-hybridized carbons (Fsp3) is 0.348. The van der Waals surface area contributed by atoms with E-state index < -0.39 is 0 Å². The van der Waals surface area contributed by atoms with E-state index in [0.29, 0.717) is 12.1 Å². The van der Waals surface area contributed by atoms with Crippen LogP contribution < -0.4 is 10.6 Å². The molecule has 0 saturated carbocycles. The molecule has 3 aromatic rings. The van der Waals surface area contributed by atoms with Crippen molar-refractivity contribution < 1.29 is 9.59 Å². The van der Waals surface area contributed by atoms with Crippen molar-refractivity contribution >= 4 is 28.8 Å². The van der Waals surface area contributed by atoms with Gasteiger partial charge in [0.25, 0.3) is 5.91 Å². The third-order valence-corrected chi connectivity index (χ3v) is 6.39. The van der Waals surface area contributed by atoms with Gasteiger partial charge in [-0.05, 0) is 44.9 Å². The molecule has 1 aromatic carbocycles. The summed E-state index contributed by atoms with van der Waals surface area (Å²) < 4.78 is 2.02. The van der Waals surface area contributed by atoms with Crippen molar-refractivity contribution in [3.63, 3.8) is 0 Å². The van der Waals surface area contributed by atoms with Gasteiger partial charge in [0.1, 0.15) is 0 Å². The zero-order chi connectivity index (χ0) is 21.8. The Morgan fingerprint density at radius 1 is 1.16 bits per heavy atom. The van der Waals surface area contributed by atoms with Crippen LogP contribution >= 0.6 is 11.3 Å². The SMILES string of the molecule is Cc1cc(C(=O)NC2CCN(CC(=O)Nc3ccccc3)CC2)c(C)n1-c1nccs1. The fourth-order valence-electron chi connectivity index (χ4n) is 4.04. The van der Waals surface area contributed by atoms with E-state index in [2.05, 4.69) is 20.5 Å². The zero-order valence-electron chi connectivity index (χ0n) is 17.8. The maximum atomic E-state index is 12.9. The molecule has 162 valence electrons. The smallest absolute Gasteiger partial charge is 0.253 e. The van der Waals surface area contributed by atoms with Crippen molar-refractivity contribution in [2.45, 2.75) is 32.7 Å². The molecule has 2 aromatic heterocycles. The van der Waals surface area contributed by atoms with E-state index in [0.717, 1.165) is 48.1 Å². The van der Waals surface area contributed by atoms with Gasteiger partial charge in [0.15, 0.2) is 5.13 Å². The molecule has 0 atom stereocenters. The van der Waals surface area contributed by atoms with Crippen LogP contribution in [0.15, 0.2) is 48.0 Å². The number of para-hydroxylation sites is 1. The van der Waals surface area contributed by atoms with Crippen molar-refractivity contribution in [2.75, 3.05) is 25.0 Å². The Labute approximate surface area is 186 Å². The number of piperidine rings is 1. The maximum absolute atomic E-state index is 12.9. The molecule has 1 saturated heterocycles. The largest absolute Gasteiger partial charge is 0.349 e. The van der Waals surface area contributed by atoms with E-state index >= 15 is 0 Å². The Hall–Kier alpha value is -2.97. The average Bonchev–Trinajstić information content (AvgIpc) is 3.37. The van der Waals surface area contributed by atoms with Crippen LogP contribution in [0, 0.1) is 13.8 Å². The minimum Gasteiger partial charge on any atom is -0.349 e. The molecule has 4 rings (SSSR count). The monoisotopic (exact) mass is 437 g/mol. The van der Waals surface area contributed by atoms with Crippen molar-refractivity contribution in [3.05, 3.63) is 64.9 Å². The van der Waals surface area contributed by atoms with E-state index in [9.17, 15) is 9.59 Å². The highest BCUT2D eigenvalue weighted by Gasteiger charge is 2.24. The van der Waals surface area contributed by atoms with Crippen LogP contribution in [0.5, 0.6) is 0 Å². The quantitative estimate of drug-likeness (QED) is 0.620. The van der Waals surface area contributed by atoms with Crippen LogP contribution in [0.3, 0.4) is 0 Å². The van der Waals surface area contributed by atoms with E-state index in [4.69, 9.17) is 0 Å². The summed E-state index contributed by atoms with van der Waals surface area (Å²) in [6.07, 6.45) is 3.43. The molecule has 0 unspecified atom stereocenters. The number of rotatable bonds is 6. The molecular weight excluding hydrogens is 410 g/mol. The second-order valence-electron chi connectivity index (χ2n) is 7.87. The Balaban J connectivity index is 1.29. The first-order valence-electron chi connectivity index (χ1n) is 10.5. The third-order valence-electron chi connectivity index (χ3n) is 5.63. The van der Waals surface area contributed by atoms with Gasteiger partial charge < -0.3 is 10.6 Å². The van der Waals surface area contributed by atoms with Crippen LogP contribution in [-0.4, -0.2) is 51.9 Å². The number of amides is 2. The highest BCUT2D eigenvalue weighted by Crippen LogP contribution is 2.22. The lowest BCUT2D eigenvalue weighted by atomic mass is 10.0. The molecular formula is C23H27N5O2S. The van der Waals surface area contributed by atoms with Gasteiger partial charge in [0, 0.05) is 47.8 Å². The first kappa shape index (κ1) is 21.3. The number of hydrogen-bond acceptors (Lipinski definition) is 5. The molecule has 3 heterocycles. The summed E-state index contributed by atoms with van der Waals surface area (Å²) in [5.74, 6) is -0.0560. The van der Waals surface area contributed by atoms with E-state index in [-0.39, 0.29) is 17.9 Å². The van der Waals surface area contributed by atoms with Crippen LogP contribution in [0.4, 0.5) is 5.69 Å². The van der Waals surface area contributed by atoms with Crippen molar-refractivity contribution in [3.8, 4) is 5.13 Å². The highest BCUT2D eigenvalue weighted by molar-refractivity contribution is 7.12. The molecule has 0 aliphatic carbocycles.